The van der Waals surface area contributed by atoms with Crippen molar-refractivity contribution in [2.45, 2.75) is 39.3 Å². The van der Waals surface area contributed by atoms with E-state index in [1.165, 1.54) is 5.56 Å². The Morgan fingerprint density at radius 3 is 2.90 bits per heavy atom. The summed E-state index contributed by atoms with van der Waals surface area (Å²) in [5.74, 6) is 1.01. The van der Waals surface area contributed by atoms with Gasteiger partial charge in [0.05, 0.1) is 13.0 Å². The molecule has 1 heterocycles. The van der Waals surface area contributed by atoms with Crippen LogP contribution < -0.4 is 10.1 Å². The van der Waals surface area contributed by atoms with E-state index in [2.05, 4.69) is 19.2 Å². The summed E-state index contributed by atoms with van der Waals surface area (Å²) in [7, 11) is 0. The Morgan fingerprint density at radius 2 is 2.19 bits per heavy atom. The predicted molar refractivity (Wildman–Crippen MR) is 87.2 cm³/mol. The summed E-state index contributed by atoms with van der Waals surface area (Å²) in [5.41, 5.74) is 1.17. The standard InChI is InChI=1S/C16H24N2O2.ClH/c1-12-5-4-6-15(9-12)20-8-7-16(19)18-11-13(2)17-10-14(18)3;/h4-6,9,13-14,17H,7-8,10-11H2,1-3H3;1H. The van der Waals surface area contributed by atoms with Gasteiger partial charge in [-0.2, -0.15) is 0 Å². The van der Waals surface area contributed by atoms with Gasteiger partial charge < -0.3 is 15.0 Å². The first-order valence-electron chi connectivity index (χ1n) is 7.28. The number of ether oxygens (including phenoxy) is 1. The van der Waals surface area contributed by atoms with Gasteiger partial charge in [0.2, 0.25) is 5.91 Å². The highest BCUT2D eigenvalue weighted by Crippen LogP contribution is 2.13. The first-order valence-corrected chi connectivity index (χ1v) is 7.28. The fourth-order valence-corrected chi connectivity index (χ4v) is 2.47. The third-order valence-corrected chi connectivity index (χ3v) is 3.66. The maximum Gasteiger partial charge on any atom is 0.226 e. The van der Waals surface area contributed by atoms with Crippen LogP contribution in [0.15, 0.2) is 24.3 Å². The number of benzene rings is 1. The first-order chi connectivity index (χ1) is 9.56. The summed E-state index contributed by atoms with van der Waals surface area (Å²) in [5, 5.41) is 3.38. The maximum absolute atomic E-state index is 12.2. The van der Waals surface area contributed by atoms with Crippen LogP contribution in [0.2, 0.25) is 0 Å². The van der Waals surface area contributed by atoms with E-state index in [9.17, 15) is 4.79 Å². The minimum atomic E-state index is 0. The number of hydrogen-bond acceptors (Lipinski definition) is 3. The molecule has 1 saturated heterocycles. The summed E-state index contributed by atoms with van der Waals surface area (Å²) in [6.07, 6.45) is 0.436. The molecule has 1 N–H and O–H groups in total. The average Bonchev–Trinajstić information content (AvgIpc) is 2.41. The fraction of sp³-hybridized carbons (Fsp3) is 0.562. The summed E-state index contributed by atoms with van der Waals surface area (Å²) in [6.45, 7) is 8.30. The number of carbonyl (C=O) groups is 1. The number of hydrogen-bond donors (Lipinski definition) is 1. The molecule has 1 amide bonds. The van der Waals surface area contributed by atoms with Crippen molar-refractivity contribution in [3.63, 3.8) is 0 Å². The number of halogens is 1. The number of rotatable bonds is 4. The number of nitrogens with zero attached hydrogens (tertiary/aromatic N) is 1. The second-order valence-corrected chi connectivity index (χ2v) is 5.62. The second kappa shape index (κ2) is 8.25. The molecule has 1 aliphatic heterocycles. The Hall–Kier alpha value is -1.26. The van der Waals surface area contributed by atoms with Crippen LogP contribution >= 0.6 is 12.4 Å². The zero-order valence-corrected chi connectivity index (χ0v) is 13.8. The van der Waals surface area contributed by atoms with Gasteiger partial charge in [0.15, 0.2) is 0 Å². The van der Waals surface area contributed by atoms with Crippen molar-refractivity contribution in [2.24, 2.45) is 0 Å². The molecule has 0 aromatic heterocycles. The highest BCUT2D eigenvalue weighted by molar-refractivity contribution is 5.85. The molecule has 0 saturated carbocycles. The molecule has 5 heteroatoms. The van der Waals surface area contributed by atoms with Gasteiger partial charge in [-0.15, -0.1) is 12.4 Å². The summed E-state index contributed by atoms with van der Waals surface area (Å²) in [6, 6.07) is 8.53. The van der Waals surface area contributed by atoms with E-state index in [1.54, 1.807) is 0 Å². The quantitative estimate of drug-likeness (QED) is 0.928. The Kier molecular flexibility index (Phi) is 6.99. The van der Waals surface area contributed by atoms with Crippen molar-refractivity contribution in [3.8, 4) is 5.75 Å². The van der Waals surface area contributed by atoms with Gasteiger partial charge in [-0.3, -0.25) is 4.79 Å². The van der Waals surface area contributed by atoms with Gasteiger partial charge in [0.1, 0.15) is 5.75 Å². The van der Waals surface area contributed by atoms with Gasteiger partial charge in [-0.1, -0.05) is 12.1 Å². The zero-order chi connectivity index (χ0) is 14.5. The molecule has 1 aliphatic rings. The van der Waals surface area contributed by atoms with Crippen LogP contribution in [0.25, 0.3) is 0 Å². The Bertz CT molecular complexity index is 467. The molecule has 21 heavy (non-hydrogen) atoms. The molecule has 2 rings (SSSR count). The number of amides is 1. The molecule has 118 valence electrons. The summed E-state index contributed by atoms with van der Waals surface area (Å²) < 4.78 is 5.65. The maximum atomic E-state index is 12.2. The molecule has 1 fully saturated rings. The van der Waals surface area contributed by atoms with Crippen LogP contribution in [0.1, 0.15) is 25.8 Å². The summed E-state index contributed by atoms with van der Waals surface area (Å²) >= 11 is 0. The fourth-order valence-electron chi connectivity index (χ4n) is 2.47. The van der Waals surface area contributed by atoms with E-state index in [-0.39, 0.29) is 24.4 Å². The largest absolute Gasteiger partial charge is 0.493 e. The molecular formula is C16H25ClN2O2. The van der Waals surface area contributed by atoms with Gasteiger partial charge in [0, 0.05) is 25.2 Å². The first kappa shape index (κ1) is 17.8. The van der Waals surface area contributed by atoms with E-state index >= 15 is 0 Å². The van der Waals surface area contributed by atoms with Crippen molar-refractivity contribution < 1.29 is 9.53 Å². The highest BCUT2D eigenvalue weighted by Gasteiger charge is 2.26. The van der Waals surface area contributed by atoms with E-state index in [4.69, 9.17) is 4.74 Å². The number of aryl methyl sites for hydroxylation is 1. The van der Waals surface area contributed by atoms with Crippen LogP contribution in [-0.2, 0) is 4.79 Å². The van der Waals surface area contributed by atoms with E-state index in [0.29, 0.717) is 19.1 Å². The van der Waals surface area contributed by atoms with Gasteiger partial charge in [-0.25, -0.2) is 0 Å². The molecular weight excluding hydrogens is 288 g/mol. The molecule has 0 bridgehead atoms. The highest BCUT2D eigenvalue weighted by atomic mass is 35.5. The van der Waals surface area contributed by atoms with Gasteiger partial charge in [-0.05, 0) is 38.5 Å². The smallest absolute Gasteiger partial charge is 0.226 e. The van der Waals surface area contributed by atoms with Crippen molar-refractivity contribution in [1.29, 1.82) is 0 Å². The second-order valence-electron chi connectivity index (χ2n) is 5.62. The Labute approximate surface area is 133 Å². The lowest BCUT2D eigenvalue weighted by molar-refractivity contribution is -0.135. The van der Waals surface area contributed by atoms with Gasteiger partial charge in [0.25, 0.3) is 0 Å². The van der Waals surface area contributed by atoms with Crippen LogP contribution in [-0.4, -0.2) is 42.6 Å². The van der Waals surface area contributed by atoms with Crippen molar-refractivity contribution >= 4 is 18.3 Å². The minimum absolute atomic E-state index is 0. The lowest BCUT2D eigenvalue weighted by Gasteiger charge is -2.37. The van der Waals surface area contributed by atoms with Crippen LogP contribution in [0.5, 0.6) is 5.75 Å². The van der Waals surface area contributed by atoms with Crippen LogP contribution in [0.4, 0.5) is 0 Å². The topological polar surface area (TPSA) is 41.6 Å². The number of nitrogens with one attached hydrogen (secondary N) is 1. The molecule has 1 aromatic carbocycles. The van der Waals surface area contributed by atoms with Crippen molar-refractivity contribution in [2.75, 3.05) is 19.7 Å². The van der Waals surface area contributed by atoms with Crippen molar-refractivity contribution in [3.05, 3.63) is 29.8 Å². The summed E-state index contributed by atoms with van der Waals surface area (Å²) in [4.78, 5) is 14.2. The molecule has 2 unspecified atom stereocenters. The third kappa shape index (κ3) is 5.21. The normalized spacial score (nSPS) is 21.6. The lowest BCUT2D eigenvalue weighted by atomic mass is 10.1. The molecule has 4 nitrogen and oxygen atoms in total. The number of piperazine rings is 1. The SMILES string of the molecule is Cc1cccc(OCCC(=O)N2CC(C)NCC2C)c1.Cl. The molecule has 2 atom stereocenters. The zero-order valence-electron chi connectivity index (χ0n) is 13.0. The van der Waals surface area contributed by atoms with E-state index in [0.717, 1.165) is 18.8 Å². The van der Waals surface area contributed by atoms with Crippen molar-refractivity contribution in [1.82, 2.24) is 10.2 Å². The predicted octanol–water partition coefficient (Wildman–Crippen LogP) is 2.39. The molecule has 0 aliphatic carbocycles. The Morgan fingerprint density at radius 1 is 1.43 bits per heavy atom. The average molecular weight is 313 g/mol. The molecule has 0 radical (unpaired) electrons. The monoisotopic (exact) mass is 312 g/mol. The van der Waals surface area contributed by atoms with E-state index < -0.39 is 0 Å². The van der Waals surface area contributed by atoms with Crippen LogP contribution in [0, 0.1) is 6.92 Å². The minimum Gasteiger partial charge on any atom is -0.493 e. The lowest BCUT2D eigenvalue weighted by Crippen LogP contribution is -2.56. The van der Waals surface area contributed by atoms with Gasteiger partial charge >= 0.3 is 0 Å². The number of carbonyl (C=O) groups excluding carboxylic acids is 1. The molecule has 1 aromatic rings. The third-order valence-electron chi connectivity index (χ3n) is 3.66. The van der Waals surface area contributed by atoms with E-state index in [1.807, 2.05) is 36.1 Å². The van der Waals surface area contributed by atoms with Crippen LogP contribution in [0.3, 0.4) is 0 Å². The Balaban J connectivity index is 0.00000220. The molecule has 0 spiro atoms.